The standard InChI is InChI=1S/C10H20N4/c1-5-7(2)10(12-11)9-6-8(3)13-14(9)4/h6-7,10,12H,5,11H2,1-4H3. The van der Waals surface area contributed by atoms with Crippen LogP contribution in [0.5, 0.6) is 0 Å². The zero-order valence-corrected chi connectivity index (χ0v) is 9.41. The third kappa shape index (κ3) is 2.13. The Morgan fingerprint density at radius 3 is 2.64 bits per heavy atom. The van der Waals surface area contributed by atoms with E-state index in [9.17, 15) is 0 Å². The molecule has 0 radical (unpaired) electrons. The lowest BCUT2D eigenvalue weighted by atomic mass is 9.97. The maximum Gasteiger partial charge on any atom is 0.0654 e. The van der Waals surface area contributed by atoms with Crippen LogP contribution in [0.1, 0.15) is 37.7 Å². The second-order valence-corrected chi connectivity index (χ2v) is 3.86. The minimum atomic E-state index is 0.186. The normalized spacial score (nSPS) is 15.5. The third-order valence-corrected chi connectivity index (χ3v) is 2.75. The van der Waals surface area contributed by atoms with E-state index in [4.69, 9.17) is 5.84 Å². The Kier molecular flexibility index (Phi) is 3.66. The van der Waals surface area contributed by atoms with Crippen LogP contribution in [-0.4, -0.2) is 9.78 Å². The van der Waals surface area contributed by atoms with Gasteiger partial charge in [-0.25, -0.2) is 0 Å². The molecule has 80 valence electrons. The highest BCUT2D eigenvalue weighted by molar-refractivity contribution is 5.13. The summed E-state index contributed by atoms with van der Waals surface area (Å²) in [6.45, 7) is 6.35. The lowest BCUT2D eigenvalue weighted by molar-refractivity contribution is 0.364. The van der Waals surface area contributed by atoms with Gasteiger partial charge in [0, 0.05) is 7.05 Å². The van der Waals surface area contributed by atoms with E-state index >= 15 is 0 Å². The summed E-state index contributed by atoms with van der Waals surface area (Å²) < 4.78 is 1.89. The molecule has 3 N–H and O–H groups in total. The first kappa shape index (κ1) is 11.2. The summed E-state index contributed by atoms with van der Waals surface area (Å²) in [6.07, 6.45) is 1.10. The highest BCUT2D eigenvalue weighted by atomic mass is 15.3. The fraction of sp³-hybridized carbons (Fsp3) is 0.700. The summed E-state index contributed by atoms with van der Waals surface area (Å²) in [5.41, 5.74) is 5.05. The first-order valence-corrected chi connectivity index (χ1v) is 5.06. The van der Waals surface area contributed by atoms with E-state index in [0.29, 0.717) is 5.92 Å². The second kappa shape index (κ2) is 4.57. The lowest BCUT2D eigenvalue weighted by Gasteiger charge is -2.21. The van der Waals surface area contributed by atoms with E-state index in [1.807, 2.05) is 18.7 Å². The van der Waals surface area contributed by atoms with Gasteiger partial charge in [-0.2, -0.15) is 5.10 Å². The number of hydrogen-bond donors (Lipinski definition) is 2. The molecule has 0 aliphatic rings. The Balaban J connectivity index is 2.94. The fourth-order valence-corrected chi connectivity index (χ4v) is 1.70. The van der Waals surface area contributed by atoms with E-state index in [2.05, 4.69) is 30.4 Å². The van der Waals surface area contributed by atoms with Crippen LogP contribution in [0.3, 0.4) is 0 Å². The molecule has 1 rings (SSSR count). The van der Waals surface area contributed by atoms with Crippen molar-refractivity contribution < 1.29 is 0 Å². The van der Waals surface area contributed by atoms with Crippen molar-refractivity contribution in [3.63, 3.8) is 0 Å². The summed E-state index contributed by atoms with van der Waals surface area (Å²) in [5.74, 6) is 6.08. The van der Waals surface area contributed by atoms with Crippen LogP contribution < -0.4 is 11.3 Å². The van der Waals surface area contributed by atoms with E-state index in [1.54, 1.807) is 0 Å². The zero-order chi connectivity index (χ0) is 10.7. The molecule has 1 aromatic heterocycles. The molecule has 4 heteroatoms. The average Bonchev–Trinajstić information content (AvgIpc) is 2.47. The first-order chi connectivity index (χ1) is 6.60. The van der Waals surface area contributed by atoms with Gasteiger partial charge in [0.2, 0.25) is 0 Å². The molecule has 0 spiro atoms. The molecule has 0 aliphatic heterocycles. The molecule has 14 heavy (non-hydrogen) atoms. The number of aromatic nitrogens is 2. The Morgan fingerprint density at radius 2 is 2.29 bits per heavy atom. The molecular weight excluding hydrogens is 176 g/mol. The molecule has 0 saturated heterocycles. The van der Waals surface area contributed by atoms with E-state index in [-0.39, 0.29) is 6.04 Å². The van der Waals surface area contributed by atoms with Crippen LogP contribution >= 0.6 is 0 Å². The van der Waals surface area contributed by atoms with Crippen molar-refractivity contribution >= 4 is 0 Å². The van der Waals surface area contributed by atoms with Crippen molar-refractivity contribution in [2.75, 3.05) is 0 Å². The zero-order valence-electron chi connectivity index (χ0n) is 9.41. The van der Waals surface area contributed by atoms with Crippen molar-refractivity contribution in [3.8, 4) is 0 Å². The maximum atomic E-state index is 5.57. The Labute approximate surface area is 85.5 Å². The molecular formula is C10H20N4. The molecule has 0 amide bonds. The number of hydrogen-bond acceptors (Lipinski definition) is 3. The highest BCUT2D eigenvalue weighted by Gasteiger charge is 2.19. The van der Waals surface area contributed by atoms with Crippen molar-refractivity contribution in [3.05, 3.63) is 17.5 Å². The quantitative estimate of drug-likeness (QED) is 0.563. The molecule has 0 aliphatic carbocycles. The Morgan fingerprint density at radius 1 is 1.64 bits per heavy atom. The van der Waals surface area contributed by atoms with Crippen LogP contribution in [0, 0.1) is 12.8 Å². The topological polar surface area (TPSA) is 55.9 Å². The highest BCUT2D eigenvalue weighted by Crippen LogP contribution is 2.23. The predicted octanol–water partition coefficient (Wildman–Crippen LogP) is 1.28. The Bertz CT molecular complexity index is 292. The number of aryl methyl sites for hydroxylation is 2. The average molecular weight is 196 g/mol. The number of nitrogens with one attached hydrogen (secondary N) is 1. The molecule has 1 aromatic rings. The van der Waals surface area contributed by atoms with Gasteiger partial charge < -0.3 is 0 Å². The number of hydrazine groups is 1. The molecule has 0 fully saturated rings. The van der Waals surface area contributed by atoms with Gasteiger partial charge >= 0.3 is 0 Å². The third-order valence-electron chi connectivity index (χ3n) is 2.75. The SMILES string of the molecule is CCC(C)C(NN)c1cc(C)nn1C. The molecule has 0 aromatic carbocycles. The van der Waals surface area contributed by atoms with Crippen LogP contribution in [0.15, 0.2) is 6.07 Å². The van der Waals surface area contributed by atoms with Gasteiger partial charge in [-0.05, 0) is 18.9 Å². The number of nitrogens with two attached hydrogens (primary N) is 1. The van der Waals surface area contributed by atoms with Gasteiger partial charge in [-0.1, -0.05) is 20.3 Å². The smallest absolute Gasteiger partial charge is 0.0654 e. The summed E-state index contributed by atoms with van der Waals surface area (Å²) >= 11 is 0. The van der Waals surface area contributed by atoms with Gasteiger partial charge in [0.1, 0.15) is 0 Å². The van der Waals surface area contributed by atoms with Gasteiger partial charge in [0.25, 0.3) is 0 Å². The van der Waals surface area contributed by atoms with Gasteiger partial charge in [0.05, 0.1) is 17.4 Å². The minimum absolute atomic E-state index is 0.186. The maximum absolute atomic E-state index is 5.57. The van der Waals surface area contributed by atoms with Crippen molar-refractivity contribution in [1.29, 1.82) is 0 Å². The van der Waals surface area contributed by atoms with Crippen molar-refractivity contribution in [2.24, 2.45) is 18.8 Å². The second-order valence-electron chi connectivity index (χ2n) is 3.86. The van der Waals surface area contributed by atoms with E-state index < -0.39 is 0 Å². The number of nitrogens with zero attached hydrogens (tertiary/aromatic N) is 2. The van der Waals surface area contributed by atoms with Crippen molar-refractivity contribution in [1.82, 2.24) is 15.2 Å². The molecule has 4 nitrogen and oxygen atoms in total. The van der Waals surface area contributed by atoms with E-state index in [1.165, 1.54) is 0 Å². The van der Waals surface area contributed by atoms with Crippen LogP contribution in [0.25, 0.3) is 0 Å². The Hall–Kier alpha value is -0.870. The van der Waals surface area contributed by atoms with Crippen LogP contribution in [0.4, 0.5) is 0 Å². The number of rotatable bonds is 4. The summed E-state index contributed by atoms with van der Waals surface area (Å²) in [5, 5.41) is 4.32. The van der Waals surface area contributed by atoms with Crippen LogP contribution in [-0.2, 0) is 7.05 Å². The molecule has 0 saturated carbocycles. The predicted molar refractivity (Wildman–Crippen MR) is 57.5 cm³/mol. The lowest BCUT2D eigenvalue weighted by Crippen LogP contribution is -2.33. The largest absolute Gasteiger partial charge is 0.271 e. The minimum Gasteiger partial charge on any atom is -0.271 e. The first-order valence-electron chi connectivity index (χ1n) is 5.06. The molecule has 2 unspecified atom stereocenters. The summed E-state index contributed by atoms with van der Waals surface area (Å²) in [6, 6.07) is 2.27. The van der Waals surface area contributed by atoms with Crippen LogP contribution in [0.2, 0.25) is 0 Å². The van der Waals surface area contributed by atoms with Gasteiger partial charge in [-0.3, -0.25) is 16.0 Å². The summed E-state index contributed by atoms with van der Waals surface area (Å²) in [7, 11) is 1.95. The molecule has 0 bridgehead atoms. The van der Waals surface area contributed by atoms with E-state index in [0.717, 1.165) is 17.8 Å². The van der Waals surface area contributed by atoms with Crippen molar-refractivity contribution in [2.45, 2.75) is 33.2 Å². The fourth-order valence-electron chi connectivity index (χ4n) is 1.70. The van der Waals surface area contributed by atoms with Gasteiger partial charge in [0.15, 0.2) is 0 Å². The molecule has 2 atom stereocenters. The monoisotopic (exact) mass is 196 g/mol. The van der Waals surface area contributed by atoms with Gasteiger partial charge in [-0.15, -0.1) is 0 Å². The summed E-state index contributed by atoms with van der Waals surface area (Å²) in [4.78, 5) is 0. The molecule has 1 heterocycles.